The van der Waals surface area contributed by atoms with Crippen LogP contribution in [-0.4, -0.2) is 17.3 Å². The molecular formula is C14H10BrClO3S. The third-order valence-corrected chi connectivity index (χ3v) is 4.10. The van der Waals surface area contributed by atoms with Gasteiger partial charge in [-0.3, -0.25) is 0 Å². The highest BCUT2D eigenvalue weighted by Crippen LogP contribution is 2.36. The van der Waals surface area contributed by atoms with E-state index in [1.807, 2.05) is 6.26 Å². The van der Waals surface area contributed by atoms with Crippen molar-refractivity contribution in [3.8, 4) is 11.5 Å². The predicted octanol–water partition coefficient (Wildman–Crippen LogP) is 5.31. The van der Waals surface area contributed by atoms with Gasteiger partial charge in [0, 0.05) is 9.37 Å². The lowest BCUT2D eigenvalue weighted by molar-refractivity contribution is 0.0690. The van der Waals surface area contributed by atoms with Crippen LogP contribution in [0.4, 0.5) is 0 Å². The van der Waals surface area contributed by atoms with Crippen molar-refractivity contribution in [2.24, 2.45) is 0 Å². The largest absolute Gasteiger partial charge is 0.478 e. The number of ether oxygens (including phenoxy) is 1. The normalized spacial score (nSPS) is 10.3. The van der Waals surface area contributed by atoms with Crippen LogP contribution in [0, 0.1) is 0 Å². The first kappa shape index (κ1) is 15.2. The Morgan fingerprint density at radius 1 is 1.30 bits per heavy atom. The van der Waals surface area contributed by atoms with Crippen LogP contribution in [0.2, 0.25) is 5.02 Å². The molecule has 0 radical (unpaired) electrons. The van der Waals surface area contributed by atoms with E-state index < -0.39 is 5.97 Å². The van der Waals surface area contributed by atoms with Crippen LogP contribution in [-0.2, 0) is 0 Å². The molecule has 0 bridgehead atoms. The van der Waals surface area contributed by atoms with Crippen molar-refractivity contribution in [3.05, 3.63) is 51.5 Å². The zero-order valence-corrected chi connectivity index (χ0v) is 13.6. The van der Waals surface area contributed by atoms with Crippen molar-refractivity contribution < 1.29 is 14.6 Å². The van der Waals surface area contributed by atoms with E-state index in [9.17, 15) is 9.90 Å². The number of thioether (sulfide) groups is 1. The van der Waals surface area contributed by atoms with Crippen LogP contribution in [0.5, 0.6) is 11.5 Å². The molecule has 2 rings (SSSR count). The Morgan fingerprint density at radius 2 is 2.05 bits per heavy atom. The fraction of sp³-hybridized carbons (Fsp3) is 0.0714. The van der Waals surface area contributed by atoms with E-state index >= 15 is 0 Å². The minimum absolute atomic E-state index is 0.138. The Labute approximate surface area is 134 Å². The zero-order chi connectivity index (χ0) is 14.7. The summed E-state index contributed by atoms with van der Waals surface area (Å²) in [5, 5.41) is 9.74. The molecule has 0 amide bonds. The van der Waals surface area contributed by atoms with Crippen LogP contribution in [0.15, 0.2) is 45.8 Å². The van der Waals surface area contributed by atoms with Crippen LogP contribution in [0.1, 0.15) is 10.4 Å². The highest BCUT2D eigenvalue weighted by atomic mass is 79.9. The van der Waals surface area contributed by atoms with Gasteiger partial charge in [0.1, 0.15) is 17.1 Å². The van der Waals surface area contributed by atoms with E-state index in [-0.39, 0.29) is 11.3 Å². The summed E-state index contributed by atoms with van der Waals surface area (Å²) >= 11 is 10.7. The molecule has 0 aliphatic carbocycles. The molecule has 6 heteroatoms. The second kappa shape index (κ2) is 6.52. The number of benzene rings is 2. The van der Waals surface area contributed by atoms with Gasteiger partial charge in [-0.15, -0.1) is 11.8 Å². The Hall–Kier alpha value is -1.17. The number of rotatable bonds is 4. The molecule has 3 nitrogen and oxygen atoms in total. The van der Waals surface area contributed by atoms with Crippen molar-refractivity contribution in [1.29, 1.82) is 0 Å². The maximum absolute atomic E-state index is 11.4. The van der Waals surface area contributed by atoms with E-state index in [2.05, 4.69) is 15.9 Å². The van der Waals surface area contributed by atoms with Crippen molar-refractivity contribution in [3.63, 3.8) is 0 Å². The Balaban J connectivity index is 2.45. The molecule has 20 heavy (non-hydrogen) atoms. The molecule has 0 spiro atoms. The first-order valence-electron chi connectivity index (χ1n) is 5.56. The Kier molecular flexibility index (Phi) is 4.96. The van der Waals surface area contributed by atoms with E-state index in [0.29, 0.717) is 15.7 Å². The summed E-state index contributed by atoms with van der Waals surface area (Å²) in [6.07, 6.45) is 1.82. The third-order valence-electron chi connectivity index (χ3n) is 2.54. The van der Waals surface area contributed by atoms with Gasteiger partial charge in [-0.1, -0.05) is 33.6 Å². The quantitative estimate of drug-likeness (QED) is 0.737. The highest BCUT2D eigenvalue weighted by molar-refractivity contribution is 9.10. The average Bonchev–Trinajstić information content (AvgIpc) is 2.41. The van der Waals surface area contributed by atoms with Gasteiger partial charge in [0.15, 0.2) is 0 Å². The molecule has 0 aliphatic rings. The SMILES string of the molecule is CSc1cccc(Oc2ccc(Br)cc2Cl)c1C(=O)O. The molecular weight excluding hydrogens is 364 g/mol. The summed E-state index contributed by atoms with van der Waals surface area (Å²) in [7, 11) is 0. The maximum Gasteiger partial charge on any atom is 0.340 e. The number of carboxylic acids is 1. The van der Waals surface area contributed by atoms with E-state index in [1.165, 1.54) is 11.8 Å². The first-order chi connectivity index (χ1) is 9.52. The van der Waals surface area contributed by atoms with Crippen LogP contribution in [0.3, 0.4) is 0 Å². The van der Waals surface area contributed by atoms with E-state index in [1.54, 1.807) is 36.4 Å². The first-order valence-corrected chi connectivity index (χ1v) is 7.95. The summed E-state index contributed by atoms with van der Waals surface area (Å²) < 4.78 is 6.48. The van der Waals surface area contributed by atoms with Crippen LogP contribution < -0.4 is 4.74 Å². The lowest BCUT2D eigenvalue weighted by Crippen LogP contribution is -2.02. The number of aromatic carboxylic acids is 1. The molecule has 0 fully saturated rings. The smallest absolute Gasteiger partial charge is 0.340 e. The van der Waals surface area contributed by atoms with E-state index in [0.717, 1.165) is 4.47 Å². The van der Waals surface area contributed by atoms with Gasteiger partial charge >= 0.3 is 5.97 Å². The van der Waals surface area contributed by atoms with Crippen LogP contribution in [0.25, 0.3) is 0 Å². The zero-order valence-electron chi connectivity index (χ0n) is 10.4. The fourth-order valence-corrected chi connectivity index (χ4v) is 2.97. The number of carboxylic acid groups (broad SMARTS) is 1. The monoisotopic (exact) mass is 372 g/mol. The highest BCUT2D eigenvalue weighted by Gasteiger charge is 2.17. The molecule has 2 aromatic rings. The number of carbonyl (C=O) groups is 1. The van der Waals surface area contributed by atoms with Gasteiger partial charge in [-0.05, 0) is 36.6 Å². The topological polar surface area (TPSA) is 46.5 Å². The summed E-state index contributed by atoms with van der Waals surface area (Å²) in [5.41, 5.74) is 0.138. The molecule has 0 saturated heterocycles. The molecule has 104 valence electrons. The lowest BCUT2D eigenvalue weighted by atomic mass is 10.2. The van der Waals surface area contributed by atoms with E-state index in [4.69, 9.17) is 16.3 Å². The third kappa shape index (κ3) is 3.29. The van der Waals surface area contributed by atoms with Crippen molar-refractivity contribution in [2.45, 2.75) is 4.90 Å². The molecule has 0 heterocycles. The lowest BCUT2D eigenvalue weighted by Gasteiger charge is -2.12. The molecule has 0 atom stereocenters. The molecule has 2 aromatic carbocycles. The molecule has 1 N–H and O–H groups in total. The summed E-state index contributed by atoms with van der Waals surface area (Å²) in [6.45, 7) is 0. The maximum atomic E-state index is 11.4. The van der Waals surface area contributed by atoms with Gasteiger partial charge in [0.05, 0.1) is 5.02 Å². The number of halogens is 2. The second-order valence-electron chi connectivity index (χ2n) is 3.82. The minimum Gasteiger partial charge on any atom is -0.478 e. The molecule has 0 unspecified atom stereocenters. The molecule has 0 aliphatic heterocycles. The van der Waals surface area contributed by atoms with Crippen molar-refractivity contribution in [2.75, 3.05) is 6.26 Å². The Bertz CT molecular complexity index is 661. The molecule has 0 aromatic heterocycles. The number of hydrogen-bond donors (Lipinski definition) is 1. The summed E-state index contributed by atoms with van der Waals surface area (Å²) in [5.74, 6) is -0.345. The second-order valence-corrected chi connectivity index (χ2v) is 5.99. The Morgan fingerprint density at radius 3 is 2.65 bits per heavy atom. The van der Waals surface area contributed by atoms with Crippen LogP contribution >= 0.6 is 39.3 Å². The standard InChI is InChI=1S/C14H10BrClO3S/c1-20-12-4-2-3-11(13(12)14(17)18)19-10-6-5-8(15)7-9(10)16/h2-7H,1H3,(H,17,18). The van der Waals surface area contributed by atoms with Crippen molar-refractivity contribution in [1.82, 2.24) is 0 Å². The van der Waals surface area contributed by atoms with Gasteiger partial charge in [0.2, 0.25) is 0 Å². The average molecular weight is 374 g/mol. The summed E-state index contributed by atoms with van der Waals surface area (Å²) in [6, 6.07) is 10.3. The van der Waals surface area contributed by atoms with Gasteiger partial charge in [0.25, 0.3) is 0 Å². The van der Waals surface area contributed by atoms with Gasteiger partial charge in [-0.2, -0.15) is 0 Å². The van der Waals surface area contributed by atoms with Gasteiger partial charge < -0.3 is 9.84 Å². The predicted molar refractivity (Wildman–Crippen MR) is 84.4 cm³/mol. The molecule has 0 saturated carbocycles. The van der Waals surface area contributed by atoms with Gasteiger partial charge in [-0.25, -0.2) is 4.79 Å². The van der Waals surface area contributed by atoms with Crippen molar-refractivity contribution >= 4 is 45.3 Å². The number of hydrogen-bond acceptors (Lipinski definition) is 3. The fourth-order valence-electron chi connectivity index (χ4n) is 1.65. The minimum atomic E-state index is -1.03. The summed E-state index contributed by atoms with van der Waals surface area (Å²) in [4.78, 5) is 12.0.